The van der Waals surface area contributed by atoms with Crippen LogP contribution in [0, 0.1) is 0 Å². The van der Waals surface area contributed by atoms with E-state index in [4.69, 9.17) is 4.42 Å². The molecule has 0 saturated heterocycles. The third kappa shape index (κ3) is 4.31. The molecule has 0 bridgehead atoms. The van der Waals surface area contributed by atoms with Crippen molar-refractivity contribution in [2.24, 2.45) is 0 Å². The van der Waals surface area contributed by atoms with Gasteiger partial charge in [-0.25, -0.2) is 0 Å². The van der Waals surface area contributed by atoms with Crippen LogP contribution in [0.2, 0.25) is 0 Å². The van der Waals surface area contributed by atoms with E-state index in [0.29, 0.717) is 0 Å². The van der Waals surface area contributed by atoms with Gasteiger partial charge in [0.1, 0.15) is 11.2 Å². The first kappa shape index (κ1) is 33.0. The van der Waals surface area contributed by atoms with Gasteiger partial charge in [0.15, 0.2) is 0 Å². The van der Waals surface area contributed by atoms with Crippen LogP contribution in [0.15, 0.2) is 217 Å². The number of furan rings is 1. The summed E-state index contributed by atoms with van der Waals surface area (Å²) in [5.41, 5.74) is 22.8. The van der Waals surface area contributed by atoms with Crippen molar-refractivity contribution < 1.29 is 4.42 Å². The molecule has 2 heteroatoms. The van der Waals surface area contributed by atoms with Gasteiger partial charge in [-0.3, -0.25) is 0 Å². The first-order valence-corrected chi connectivity index (χ1v) is 21.2. The molecule has 1 spiro atoms. The number of benzene rings is 10. The lowest BCUT2D eigenvalue weighted by Gasteiger charge is -2.32. The largest absolute Gasteiger partial charge is 0.456 e. The Bertz CT molecular complexity index is 3650. The smallest absolute Gasteiger partial charge is 0.135 e. The van der Waals surface area contributed by atoms with Gasteiger partial charge in [0.25, 0.3) is 0 Å². The Labute approximate surface area is 353 Å². The van der Waals surface area contributed by atoms with Gasteiger partial charge in [-0.05, 0) is 143 Å². The van der Waals surface area contributed by atoms with Crippen molar-refractivity contribution in [2.45, 2.75) is 5.41 Å². The summed E-state index contributed by atoms with van der Waals surface area (Å²) < 4.78 is 6.35. The highest BCUT2D eigenvalue weighted by atomic mass is 16.3. The second kappa shape index (κ2) is 12.1. The van der Waals surface area contributed by atoms with Crippen molar-refractivity contribution in [3.8, 4) is 55.6 Å². The van der Waals surface area contributed by atoms with Gasteiger partial charge < -0.3 is 9.32 Å². The van der Waals surface area contributed by atoms with Crippen LogP contribution in [0.25, 0.3) is 88.3 Å². The second-order valence-corrected chi connectivity index (χ2v) is 16.7. The van der Waals surface area contributed by atoms with Crippen LogP contribution in [0.5, 0.6) is 0 Å². The molecule has 1 atom stereocenters. The fraction of sp³-hybridized carbons (Fsp3) is 0.0169. The van der Waals surface area contributed by atoms with Gasteiger partial charge in [-0.15, -0.1) is 0 Å². The van der Waals surface area contributed by atoms with E-state index >= 15 is 0 Å². The zero-order valence-electron chi connectivity index (χ0n) is 33.1. The fourth-order valence-electron chi connectivity index (χ4n) is 11.4. The Morgan fingerprint density at radius 3 is 1.72 bits per heavy atom. The van der Waals surface area contributed by atoms with Crippen molar-refractivity contribution >= 4 is 49.8 Å². The third-order valence-electron chi connectivity index (χ3n) is 13.8. The minimum absolute atomic E-state index is 0.528. The summed E-state index contributed by atoms with van der Waals surface area (Å²) in [5.74, 6) is 0. The SMILES string of the molecule is c1ccc(-c2ccc(N(c3ccc4c(c3)C3(c5ccccc5-4)c4ccccc4-c4c3cc3c5c(cccc45)-c4ccccc4-3)c3ccc4oc5ccccc5c4c3)cc2)cc1. The molecule has 14 rings (SSSR count). The Kier molecular flexibility index (Phi) is 6.52. The molecule has 0 saturated carbocycles. The van der Waals surface area contributed by atoms with Gasteiger partial charge in [0.2, 0.25) is 0 Å². The molecule has 0 N–H and O–H groups in total. The van der Waals surface area contributed by atoms with E-state index in [1.54, 1.807) is 0 Å². The van der Waals surface area contributed by atoms with Gasteiger partial charge in [-0.1, -0.05) is 158 Å². The summed E-state index contributed by atoms with van der Waals surface area (Å²) in [6, 6.07) is 78.6. The van der Waals surface area contributed by atoms with E-state index in [0.717, 1.165) is 39.0 Å². The first-order chi connectivity index (χ1) is 30.3. The molecule has 2 nitrogen and oxygen atoms in total. The van der Waals surface area contributed by atoms with E-state index in [2.05, 4.69) is 211 Å². The maximum Gasteiger partial charge on any atom is 0.135 e. The van der Waals surface area contributed by atoms with Crippen molar-refractivity contribution in [1.29, 1.82) is 0 Å². The number of rotatable bonds is 4. The van der Waals surface area contributed by atoms with E-state index in [1.165, 1.54) is 88.7 Å². The summed E-state index contributed by atoms with van der Waals surface area (Å²) >= 11 is 0. The number of hydrogen-bond donors (Lipinski definition) is 0. The topological polar surface area (TPSA) is 16.4 Å². The molecule has 3 aliphatic rings. The summed E-state index contributed by atoms with van der Waals surface area (Å²) in [4.78, 5) is 2.43. The van der Waals surface area contributed by atoms with E-state index in [1.807, 2.05) is 6.07 Å². The van der Waals surface area contributed by atoms with Gasteiger partial charge in [0, 0.05) is 27.8 Å². The Morgan fingerprint density at radius 1 is 0.311 bits per heavy atom. The molecular formula is C59H35NO. The van der Waals surface area contributed by atoms with Crippen molar-refractivity contribution in [3.63, 3.8) is 0 Å². The van der Waals surface area contributed by atoms with Gasteiger partial charge >= 0.3 is 0 Å². The van der Waals surface area contributed by atoms with Crippen LogP contribution in [0.1, 0.15) is 22.3 Å². The zero-order chi connectivity index (χ0) is 39.8. The van der Waals surface area contributed by atoms with Crippen molar-refractivity contribution in [1.82, 2.24) is 0 Å². The normalized spacial score (nSPS) is 15.0. The molecule has 0 radical (unpaired) electrons. The zero-order valence-corrected chi connectivity index (χ0v) is 33.1. The minimum atomic E-state index is -0.528. The molecule has 1 heterocycles. The molecule has 61 heavy (non-hydrogen) atoms. The van der Waals surface area contributed by atoms with Crippen molar-refractivity contribution in [3.05, 3.63) is 235 Å². The van der Waals surface area contributed by atoms with Crippen LogP contribution in [0.3, 0.4) is 0 Å². The Morgan fingerprint density at radius 2 is 0.885 bits per heavy atom. The molecule has 3 aliphatic carbocycles. The first-order valence-electron chi connectivity index (χ1n) is 21.2. The van der Waals surface area contributed by atoms with Crippen LogP contribution in [-0.2, 0) is 5.41 Å². The molecule has 0 aliphatic heterocycles. The van der Waals surface area contributed by atoms with Crippen LogP contribution < -0.4 is 4.90 Å². The Balaban J connectivity index is 1.05. The maximum atomic E-state index is 6.35. The summed E-state index contributed by atoms with van der Waals surface area (Å²) in [5, 5.41) is 4.91. The number of para-hydroxylation sites is 1. The maximum absolute atomic E-state index is 6.35. The van der Waals surface area contributed by atoms with Gasteiger partial charge in [0.05, 0.1) is 5.41 Å². The minimum Gasteiger partial charge on any atom is -0.456 e. The molecule has 1 unspecified atom stereocenters. The van der Waals surface area contributed by atoms with E-state index < -0.39 is 5.41 Å². The van der Waals surface area contributed by atoms with Crippen LogP contribution in [0.4, 0.5) is 17.1 Å². The fourth-order valence-corrected chi connectivity index (χ4v) is 11.4. The molecule has 1 aromatic heterocycles. The summed E-state index contributed by atoms with van der Waals surface area (Å²) in [7, 11) is 0. The molecule has 282 valence electrons. The number of anilines is 3. The van der Waals surface area contributed by atoms with E-state index in [9.17, 15) is 0 Å². The molecule has 10 aromatic carbocycles. The average molecular weight is 774 g/mol. The van der Waals surface area contributed by atoms with E-state index in [-0.39, 0.29) is 0 Å². The molecule has 0 fully saturated rings. The predicted octanol–water partition coefficient (Wildman–Crippen LogP) is 15.9. The quantitative estimate of drug-likeness (QED) is 0.177. The number of nitrogens with zero attached hydrogens (tertiary/aromatic N) is 1. The lowest BCUT2D eigenvalue weighted by atomic mass is 9.70. The highest BCUT2D eigenvalue weighted by Crippen LogP contribution is 2.66. The third-order valence-corrected chi connectivity index (χ3v) is 13.8. The molecule has 11 aromatic rings. The number of fused-ring (bicyclic) bond motifs is 17. The lowest BCUT2D eigenvalue weighted by molar-refractivity contribution is 0.669. The Hall–Kier alpha value is -7.94. The number of hydrogen-bond acceptors (Lipinski definition) is 2. The lowest BCUT2D eigenvalue weighted by Crippen LogP contribution is -2.26. The molecular weight excluding hydrogens is 739 g/mol. The summed E-state index contributed by atoms with van der Waals surface area (Å²) in [6.07, 6.45) is 0. The highest BCUT2D eigenvalue weighted by Gasteiger charge is 2.53. The standard InChI is InChI=1S/C59H35NO/c1-2-13-36(14-3-1)37-25-27-38(28-26-37)60(39-30-32-56-49(33-39)45-18-8-11-24-55(45)61-56)40-29-31-44-43-17-6-9-22-51(43)59(53(44)34-40)52-23-10-7-19-47(52)58-48-21-12-20-46-41-15-4-5-16-42(41)50(57(46)48)35-54(58)59/h1-35H. The molecule has 0 amide bonds. The second-order valence-electron chi connectivity index (χ2n) is 16.7. The van der Waals surface area contributed by atoms with Gasteiger partial charge in [-0.2, -0.15) is 0 Å². The monoisotopic (exact) mass is 773 g/mol. The average Bonchev–Trinajstić information content (AvgIpc) is 4.04. The summed E-state index contributed by atoms with van der Waals surface area (Å²) in [6.45, 7) is 0. The van der Waals surface area contributed by atoms with Crippen molar-refractivity contribution in [2.75, 3.05) is 4.90 Å². The highest BCUT2D eigenvalue weighted by molar-refractivity contribution is 6.21. The van der Waals surface area contributed by atoms with Crippen LogP contribution in [-0.4, -0.2) is 0 Å². The predicted molar refractivity (Wildman–Crippen MR) is 252 cm³/mol. The van der Waals surface area contributed by atoms with Crippen LogP contribution >= 0.6 is 0 Å².